The topological polar surface area (TPSA) is 72.6 Å². The number of nitrogens with two attached hydrogens (primary N) is 1. The van der Waals surface area contributed by atoms with Crippen molar-refractivity contribution in [1.82, 2.24) is 4.31 Å². The van der Waals surface area contributed by atoms with Gasteiger partial charge in [0.05, 0.1) is 18.5 Å². The van der Waals surface area contributed by atoms with E-state index in [2.05, 4.69) is 0 Å². The molecule has 0 bridgehead atoms. The highest BCUT2D eigenvalue weighted by Gasteiger charge is 2.19. The van der Waals surface area contributed by atoms with E-state index in [4.69, 9.17) is 10.5 Å². The second kappa shape index (κ2) is 7.73. The fraction of sp³-hybridized carbons (Fsp3) is 0.571. The molecule has 0 saturated carbocycles. The monoisotopic (exact) mass is 300 g/mol. The van der Waals surface area contributed by atoms with Gasteiger partial charge in [-0.3, -0.25) is 0 Å². The predicted molar refractivity (Wildman–Crippen MR) is 80.7 cm³/mol. The zero-order chi connectivity index (χ0) is 15.2. The first-order valence-corrected chi connectivity index (χ1v) is 8.30. The molecule has 1 aromatic carbocycles. The van der Waals surface area contributed by atoms with Crippen LogP contribution in [-0.4, -0.2) is 39.0 Å². The van der Waals surface area contributed by atoms with Crippen LogP contribution in [0.3, 0.4) is 0 Å². The van der Waals surface area contributed by atoms with Gasteiger partial charge in [0.1, 0.15) is 0 Å². The van der Waals surface area contributed by atoms with E-state index in [-0.39, 0.29) is 11.9 Å². The summed E-state index contributed by atoms with van der Waals surface area (Å²) in [4.78, 5) is 0. The van der Waals surface area contributed by atoms with Gasteiger partial charge in [0.25, 0.3) is 0 Å². The largest absolute Gasteiger partial charge is 0.377 e. The first-order chi connectivity index (χ1) is 9.36. The Hall–Kier alpha value is -0.950. The first kappa shape index (κ1) is 17.1. The zero-order valence-electron chi connectivity index (χ0n) is 12.4. The number of hydrogen-bond donors (Lipinski definition) is 1. The van der Waals surface area contributed by atoms with Gasteiger partial charge in [-0.1, -0.05) is 24.3 Å². The van der Waals surface area contributed by atoms with Crippen molar-refractivity contribution in [3.63, 3.8) is 0 Å². The molecule has 1 rings (SSSR count). The van der Waals surface area contributed by atoms with E-state index >= 15 is 0 Å². The molecule has 0 aromatic heterocycles. The van der Waals surface area contributed by atoms with Crippen LogP contribution < -0.4 is 5.73 Å². The SMILES string of the molecule is CC(C)OCCN(C)S(=O)(=O)Cc1ccccc1CN. The molecule has 0 atom stereocenters. The molecular weight excluding hydrogens is 276 g/mol. The van der Waals surface area contributed by atoms with Crippen molar-refractivity contribution in [2.45, 2.75) is 32.2 Å². The number of sulfonamides is 1. The summed E-state index contributed by atoms with van der Waals surface area (Å²) in [6.07, 6.45) is 0.101. The minimum atomic E-state index is -3.35. The third-order valence-corrected chi connectivity index (χ3v) is 4.82. The summed E-state index contributed by atoms with van der Waals surface area (Å²) >= 11 is 0. The van der Waals surface area contributed by atoms with Gasteiger partial charge in [0.2, 0.25) is 10.0 Å². The molecule has 0 radical (unpaired) electrons. The average molecular weight is 300 g/mol. The third-order valence-electron chi connectivity index (χ3n) is 3.01. The van der Waals surface area contributed by atoms with Gasteiger partial charge in [-0.2, -0.15) is 0 Å². The van der Waals surface area contributed by atoms with E-state index in [9.17, 15) is 8.42 Å². The number of likely N-dealkylation sites (N-methyl/N-ethyl adjacent to an activating group) is 1. The molecule has 0 spiro atoms. The average Bonchev–Trinajstić information content (AvgIpc) is 2.38. The Kier molecular flexibility index (Phi) is 6.61. The van der Waals surface area contributed by atoms with Crippen molar-refractivity contribution in [3.8, 4) is 0 Å². The predicted octanol–water partition coefficient (Wildman–Crippen LogP) is 1.33. The van der Waals surface area contributed by atoms with Crippen LogP contribution in [0.1, 0.15) is 25.0 Å². The number of benzene rings is 1. The summed E-state index contributed by atoms with van der Waals surface area (Å²) < 4.78 is 31.3. The molecule has 0 heterocycles. The molecule has 1 aromatic rings. The molecule has 0 amide bonds. The van der Waals surface area contributed by atoms with Crippen LogP contribution in [0.4, 0.5) is 0 Å². The molecule has 0 unspecified atom stereocenters. The Morgan fingerprint density at radius 1 is 1.25 bits per heavy atom. The molecular formula is C14H24N2O3S. The van der Waals surface area contributed by atoms with Gasteiger partial charge in [0.15, 0.2) is 0 Å². The van der Waals surface area contributed by atoms with Gasteiger partial charge in [-0.05, 0) is 25.0 Å². The molecule has 20 heavy (non-hydrogen) atoms. The molecule has 0 aliphatic carbocycles. The van der Waals surface area contributed by atoms with Crippen molar-refractivity contribution in [2.75, 3.05) is 20.2 Å². The van der Waals surface area contributed by atoms with Crippen molar-refractivity contribution < 1.29 is 13.2 Å². The molecule has 0 aliphatic rings. The maximum atomic E-state index is 12.3. The third kappa shape index (κ3) is 5.20. The van der Waals surface area contributed by atoms with E-state index < -0.39 is 10.0 Å². The molecule has 114 valence electrons. The summed E-state index contributed by atoms with van der Waals surface area (Å²) in [7, 11) is -1.77. The number of nitrogens with zero attached hydrogens (tertiary/aromatic N) is 1. The fourth-order valence-corrected chi connectivity index (χ4v) is 3.01. The van der Waals surface area contributed by atoms with E-state index in [0.29, 0.717) is 19.7 Å². The van der Waals surface area contributed by atoms with Crippen LogP contribution in [0.15, 0.2) is 24.3 Å². The highest BCUT2D eigenvalue weighted by atomic mass is 32.2. The number of rotatable bonds is 8. The van der Waals surface area contributed by atoms with E-state index in [1.54, 1.807) is 13.1 Å². The van der Waals surface area contributed by atoms with Crippen LogP contribution in [0, 0.1) is 0 Å². The highest BCUT2D eigenvalue weighted by molar-refractivity contribution is 7.88. The van der Waals surface area contributed by atoms with E-state index in [1.165, 1.54) is 4.31 Å². The van der Waals surface area contributed by atoms with Gasteiger partial charge < -0.3 is 10.5 Å². The second-order valence-corrected chi connectivity index (χ2v) is 7.05. The number of ether oxygens (including phenoxy) is 1. The van der Waals surface area contributed by atoms with Crippen molar-refractivity contribution >= 4 is 10.0 Å². The lowest BCUT2D eigenvalue weighted by atomic mass is 10.1. The number of hydrogen-bond acceptors (Lipinski definition) is 4. The summed E-state index contributed by atoms with van der Waals surface area (Å²) in [6, 6.07) is 7.34. The lowest BCUT2D eigenvalue weighted by Gasteiger charge is -2.19. The molecule has 0 aliphatic heterocycles. The maximum Gasteiger partial charge on any atom is 0.218 e. The van der Waals surface area contributed by atoms with Gasteiger partial charge in [-0.15, -0.1) is 0 Å². The first-order valence-electron chi connectivity index (χ1n) is 6.69. The van der Waals surface area contributed by atoms with Gasteiger partial charge in [0, 0.05) is 20.1 Å². The van der Waals surface area contributed by atoms with Crippen LogP contribution >= 0.6 is 0 Å². The summed E-state index contributed by atoms with van der Waals surface area (Å²) in [6.45, 7) is 4.93. The Morgan fingerprint density at radius 2 is 1.85 bits per heavy atom. The second-order valence-electron chi connectivity index (χ2n) is 4.97. The van der Waals surface area contributed by atoms with Crippen molar-refractivity contribution in [1.29, 1.82) is 0 Å². The smallest absolute Gasteiger partial charge is 0.218 e. The minimum Gasteiger partial charge on any atom is -0.377 e. The van der Waals surface area contributed by atoms with Crippen molar-refractivity contribution in [3.05, 3.63) is 35.4 Å². The van der Waals surface area contributed by atoms with Gasteiger partial charge in [-0.25, -0.2) is 12.7 Å². The molecule has 0 saturated heterocycles. The summed E-state index contributed by atoms with van der Waals surface area (Å²) in [5.74, 6) is -0.0292. The fourth-order valence-electron chi connectivity index (χ4n) is 1.76. The van der Waals surface area contributed by atoms with Crippen LogP contribution in [0.2, 0.25) is 0 Å². The molecule has 6 heteroatoms. The van der Waals surface area contributed by atoms with E-state index in [1.807, 2.05) is 32.0 Å². The van der Waals surface area contributed by atoms with Gasteiger partial charge >= 0.3 is 0 Å². The molecule has 0 fully saturated rings. The minimum absolute atomic E-state index is 0.0292. The lowest BCUT2D eigenvalue weighted by molar-refractivity contribution is 0.0737. The maximum absolute atomic E-state index is 12.3. The van der Waals surface area contributed by atoms with Crippen LogP contribution in [0.5, 0.6) is 0 Å². The Labute approximate surface area is 121 Å². The zero-order valence-corrected chi connectivity index (χ0v) is 13.2. The summed E-state index contributed by atoms with van der Waals surface area (Å²) in [5, 5.41) is 0. The van der Waals surface area contributed by atoms with Crippen LogP contribution in [0.25, 0.3) is 0 Å². The molecule has 5 nitrogen and oxygen atoms in total. The normalized spacial score (nSPS) is 12.3. The lowest BCUT2D eigenvalue weighted by Crippen LogP contribution is -2.32. The standard InChI is InChI=1S/C14H24N2O3S/c1-12(2)19-9-8-16(3)20(17,18)11-14-7-5-4-6-13(14)10-15/h4-7,12H,8-11,15H2,1-3H3. The van der Waals surface area contributed by atoms with Crippen LogP contribution in [-0.2, 0) is 27.1 Å². The molecule has 2 N–H and O–H groups in total. The Balaban J connectivity index is 2.69. The summed E-state index contributed by atoms with van der Waals surface area (Å²) in [5.41, 5.74) is 7.25. The Morgan fingerprint density at radius 3 is 2.40 bits per heavy atom. The van der Waals surface area contributed by atoms with Crippen molar-refractivity contribution in [2.24, 2.45) is 5.73 Å². The highest BCUT2D eigenvalue weighted by Crippen LogP contribution is 2.14. The quantitative estimate of drug-likeness (QED) is 0.786. The van der Waals surface area contributed by atoms with E-state index in [0.717, 1.165) is 11.1 Å². The Bertz CT molecular complexity index is 515.